The van der Waals surface area contributed by atoms with Crippen LogP contribution in [0.1, 0.15) is 15.9 Å². The molecule has 0 unspecified atom stereocenters. The van der Waals surface area contributed by atoms with Gasteiger partial charge in [0.25, 0.3) is 0 Å². The van der Waals surface area contributed by atoms with E-state index in [2.05, 4.69) is 0 Å². The number of carbonyl (C=O) groups is 1. The summed E-state index contributed by atoms with van der Waals surface area (Å²) >= 11 is 0. The second-order valence-corrected chi connectivity index (χ2v) is 4.06. The second kappa shape index (κ2) is 5.69. The number of halogens is 2. The van der Waals surface area contributed by atoms with Gasteiger partial charge in [0.15, 0.2) is 17.3 Å². The molecule has 2 aromatic rings. The van der Waals surface area contributed by atoms with E-state index in [1.807, 2.05) is 0 Å². The van der Waals surface area contributed by atoms with Gasteiger partial charge in [0.05, 0.1) is 14.2 Å². The van der Waals surface area contributed by atoms with Crippen molar-refractivity contribution in [3.8, 4) is 11.5 Å². The standard InChI is InChI=1S/C15H12F2O3/c1-19-13-4-3-9(7-14(13)20-2)15(18)10-5-11(16)8-12(17)6-10/h3-8H,1-2H3. The van der Waals surface area contributed by atoms with E-state index in [0.29, 0.717) is 17.6 Å². The Labute approximate surface area is 114 Å². The van der Waals surface area contributed by atoms with Crippen molar-refractivity contribution in [2.75, 3.05) is 14.2 Å². The van der Waals surface area contributed by atoms with Gasteiger partial charge in [-0.2, -0.15) is 0 Å². The van der Waals surface area contributed by atoms with Gasteiger partial charge in [-0.15, -0.1) is 0 Å². The molecule has 104 valence electrons. The number of ether oxygens (including phenoxy) is 2. The fraction of sp³-hybridized carbons (Fsp3) is 0.133. The summed E-state index contributed by atoms with van der Waals surface area (Å²) in [6.07, 6.45) is 0. The lowest BCUT2D eigenvalue weighted by atomic mass is 10.0. The van der Waals surface area contributed by atoms with Crippen molar-refractivity contribution >= 4 is 5.78 Å². The van der Waals surface area contributed by atoms with Gasteiger partial charge in [-0.05, 0) is 30.3 Å². The van der Waals surface area contributed by atoms with Crippen molar-refractivity contribution in [1.82, 2.24) is 0 Å². The van der Waals surface area contributed by atoms with Gasteiger partial charge < -0.3 is 9.47 Å². The maximum absolute atomic E-state index is 13.1. The van der Waals surface area contributed by atoms with Crippen LogP contribution in [0.4, 0.5) is 8.78 Å². The third-order valence-electron chi connectivity index (χ3n) is 2.77. The molecule has 20 heavy (non-hydrogen) atoms. The molecule has 0 aliphatic carbocycles. The Morgan fingerprint density at radius 3 is 2.00 bits per heavy atom. The van der Waals surface area contributed by atoms with Gasteiger partial charge >= 0.3 is 0 Å². The van der Waals surface area contributed by atoms with Crippen LogP contribution in [0.15, 0.2) is 36.4 Å². The van der Waals surface area contributed by atoms with Crippen LogP contribution in [-0.2, 0) is 0 Å². The summed E-state index contributed by atoms with van der Waals surface area (Å²) in [6.45, 7) is 0. The third kappa shape index (κ3) is 2.77. The van der Waals surface area contributed by atoms with Crippen molar-refractivity contribution in [2.45, 2.75) is 0 Å². The van der Waals surface area contributed by atoms with E-state index in [0.717, 1.165) is 12.1 Å². The first-order valence-corrected chi connectivity index (χ1v) is 5.78. The predicted molar refractivity (Wildman–Crippen MR) is 69.3 cm³/mol. The summed E-state index contributed by atoms with van der Waals surface area (Å²) in [6, 6.07) is 7.22. The number of methoxy groups -OCH3 is 2. The largest absolute Gasteiger partial charge is 0.493 e. The van der Waals surface area contributed by atoms with E-state index in [1.165, 1.54) is 26.4 Å². The van der Waals surface area contributed by atoms with Gasteiger partial charge in [0, 0.05) is 17.2 Å². The molecule has 0 bridgehead atoms. The van der Waals surface area contributed by atoms with Crippen LogP contribution in [-0.4, -0.2) is 20.0 Å². The fourth-order valence-corrected chi connectivity index (χ4v) is 1.83. The van der Waals surface area contributed by atoms with Gasteiger partial charge in [-0.1, -0.05) is 0 Å². The normalized spacial score (nSPS) is 10.2. The molecule has 0 aliphatic heterocycles. The highest BCUT2D eigenvalue weighted by Crippen LogP contribution is 2.28. The molecule has 0 aromatic heterocycles. The SMILES string of the molecule is COc1ccc(C(=O)c2cc(F)cc(F)c2)cc1OC. The summed E-state index contributed by atoms with van der Waals surface area (Å²) in [4.78, 5) is 12.2. The van der Waals surface area contributed by atoms with Crippen LogP contribution in [0.5, 0.6) is 11.5 Å². The summed E-state index contributed by atoms with van der Waals surface area (Å²) in [5.74, 6) is -1.25. The Morgan fingerprint density at radius 2 is 1.45 bits per heavy atom. The molecule has 0 saturated heterocycles. The molecule has 5 heteroatoms. The smallest absolute Gasteiger partial charge is 0.193 e. The molecule has 0 heterocycles. The molecule has 0 aliphatic rings. The Balaban J connectivity index is 2.42. The van der Waals surface area contributed by atoms with E-state index in [-0.39, 0.29) is 11.1 Å². The van der Waals surface area contributed by atoms with Crippen molar-refractivity contribution in [3.05, 3.63) is 59.2 Å². The number of hydrogen-bond acceptors (Lipinski definition) is 3. The number of benzene rings is 2. The quantitative estimate of drug-likeness (QED) is 0.806. The van der Waals surface area contributed by atoms with Gasteiger partial charge in [-0.25, -0.2) is 8.78 Å². The fourth-order valence-electron chi connectivity index (χ4n) is 1.83. The van der Waals surface area contributed by atoms with Crippen LogP contribution in [0.2, 0.25) is 0 Å². The highest BCUT2D eigenvalue weighted by molar-refractivity contribution is 6.09. The lowest BCUT2D eigenvalue weighted by Crippen LogP contribution is -2.03. The predicted octanol–water partition coefficient (Wildman–Crippen LogP) is 3.21. The number of ketones is 1. The molecule has 0 amide bonds. The van der Waals surface area contributed by atoms with E-state index < -0.39 is 17.4 Å². The first-order valence-electron chi connectivity index (χ1n) is 5.78. The molecule has 0 spiro atoms. The third-order valence-corrected chi connectivity index (χ3v) is 2.77. The number of rotatable bonds is 4. The van der Waals surface area contributed by atoms with Crippen LogP contribution >= 0.6 is 0 Å². The van der Waals surface area contributed by atoms with Crippen molar-refractivity contribution in [2.24, 2.45) is 0 Å². The molecule has 3 nitrogen and oxygen atoms in total. The topological polar surface area (TPSA) is 35.5 Å². The van der Waals surface area contributed by atoms with Crippen molar-refractivity contribution < 1.29 is 23.0 Å². The summed E-state index contributed by atoms with van der Waals surface area (Å²) in [5.41, 5.74) is 0.197. The van der Waals surface area contributed by atoms with Crippen molar-refractivity contribution in [3.63, 3.8) is 0 Å². The molecule has 0 radical (unpaired) electrons. The molecular weight excluding hydrogens is 266 g/mol. The molecule has 2 aromatic carbocycles. The van der Waals surface area contributed by atoms with Crippen LogP contribution in [0.25, 0.3) is 0 Å². The minimum Gasteiger partial charge on any atom is -0.493 e. The average Bonchev–Trinajstić information content (AvgIpc) is 2.44. The summed E-state index contributed by atoms with van der Waals surface area (Å²) < 4.78 is 36.4. The Bertz CT molecular complexity index is 633. The van der Waals surface area contributed by atoms with E-state index in [4.69, 9.17) is 9.47 Å². The first kappa shape index (κ1) is 14.0. The highest BCUT2D eigenvalue weighted by atomic mass is 19.1. The zero-order chi connectivity index (χ0) is 14.7. The molecule has 2 rings (SSSR count). The van der Waals surface area contributed by atoms with Gasteiger partial charge in [0.2, 0.25) is 0 Å². The van der Waals surface area contributed by atoms with Crippen LogP contribution in [0, 0.1) is 11.6 Å². The first-order chi connectivity index (χ1) is 9.55. The molecular formula is C15H12F2O3. The molecule has 0 N–H and O–H groups in total. The van der Waals surface area contributed by atoms with Crippen LogP contribution < -0.4 is 9.47 Å². The van der Waals surface area contributed by atoms with Gasteiger partial charge in [0.1, 0.15) is 11.6 Å². The van der Waals surface area contributed by atoms with Crippen molar-refractivity contribution in [1.29, 1.82) is 0 Å². The Hall–Kier alpha value is -2.43. The zero-order valence-corrected chi connectivity index (χ0v) is 10.9. The second-order valence-electron chi connectivity index (χ2n) is 4.06. The molecule has 0 atom stereocenters. The Morgan fingerprint density at radius 1 is 0.850 bits per heavy atom. The van der Waals surface area contributed by atoms with E-state index >= 15 is 0 Å². The monoisotopic (exact) mass is 278 g/mol. The Kier molecular flexibility index (Phi) is 3.98. The van der Waals surface area contributed by atoms with E-state index in [1.54, 1.807) is 6.07 Å². The lowest BCUT2D eigenvalue weighted by molar-refractivity contribution is 0.103. The number of carbonyl (C=O) groups excluding carboxylic acids is 1. The lowest BCUT2D eigenvalue weighted by Gasteiger charge is -2.09. The average molecular weight is 278 g/mol. The zero-order valence-electron chi connectivity index (χ0n) is 10.9. The highest BCUT2D eigenvalue weighted by Gasteiger charge is 2.14. The minimum atomic E-state index is -0.797. The van der Waals surface area contributed by atoms with E-state index in [9.17, 15) is 13.6 Å². The minimum absolute atomic E-state index is 0.0604. The van der Waals surface area contributed by atoms with Crippen LogP contribution in [0.3, 0.4) is 0 Å². The maximum atomic E-state index is 13.1. The number of hydrogen-bond donors (Lipinski definition) is 0. The molecule has 0 fully saturated rings. The summed E-state index contributed by atoms with van der Waals surface area (Å²) in [7, 11) is 2.91. The molecule has 0 saturated carbocycles. The maximum Gasteiger partial charge on any atom is 0.193 e. The summed E-state index contributed by atoms with van der Waals surface area (Å²) in [5, 5.41) is 0. The van der Waals surface area contributed by atoms with Gasteiger partial charge in [-0.3, -0.25) is 4.79 Å².